The monoisotopic (exact) mass is 495 g/mol. The van der Waals surface area contributed by atoms with Gasteiger partial charge in [0, 0.05) is 12.1 Å². The van der Waals surface area contributed by atoms with E-state index in [1.54, 1.807) is 36.3 Å². The van der Waals surface area contributed by atoms with Crippen LogP contribution in [-0.4, -0.2) is 35.5 Å². The van der Waals surface area contributed by atoms with Crippen molar-refractivity contribution in [2.45, 2.75) is 65.6 Å². The second-order valence-electron chi connectivity index (χ2n) is 9.92. The van der Waals surface area contributed by atoms with Crippen LogP contribution in [-0.2, 0) is 28.0 Å². The summed E-state index contributed by atoms with van der Waals surface area (Å²) in [6.45, 7) is 10.5. The quantitative estimate of drug-likeness (QED) is 0.380. The Bertz CT molecular complexity index is 1490. The normalized spacial score (nSPS) is 12.3. The maximum absolute atomic E-state index is 13.8. The minimum absolute atomic E-state index is 0.334. The number of nitrogens with zero attached hydrogens (tertiary/aromatic N) is 5. The first-order valence-corrected chi connectivity index (χ1v) is 12.2. The number of benzene rings is 1. The molecule has 9 nitrogen and oxygen atoms in total. The zero-order valence-corrected chi connectivity index (χ0v) is 21.5. The molecule has 1 aromatic carbocycles. The first-order valence-electron chi connectivity index (χ1n) is 11.3. The van der Waals surface area contributed by atoms with Gasteiger partial charge in [0.15, 0.2) is 0 Å². The summed E-state index contributed by atoms with van der Waals surface area (Å²) in [5.74, 6) is -0.650. The molecule has 0 amide bonds. The van der Waals surface area contributed by atoms with Crippen molar-refractivity contribution in [2.75, 3.05) is 0 Å². The van der Waals surface area contributed by atoms with Gasteiger partial charge in [0.1, 0.15) is 33.6 Å². The van der Waals surface area contributed by atoms with E-state index in [9.17, 15) is 14.4 Å². The predicted molar refractivity (Wildman–Crippen MR) is 135 cm³/mol. The van der Waals surface area contributed by atoms with Crippen LogP contribution < -0.4 is 11.2 Å². The summed E-state index contributed by atoms with van der Waals surface area (Å²) in [7, 11) is 0. The lowest BCUT2D eigenvalue weighted by Gasteiger charge is -2.30. The molecule has 4 rings (SSSR count). The van der Waals surface area contributed by atoms with Gasteiger partial charge >= 0.3 is 11.7 Å². The zero-order chi connectivity index (χ0) is 25.5. The molecule has 0 N–H and O–H groups in total. The summed E-state index contributed by atoms with van der Waals surface area (Å²) in [5.41, 5.74) is -1.65. The molecule has 0 radical (unpaired) electrons. The summed E-state index contributed by atoms with van der Waals surface area (Å²) in [5, 5.41) is 5.27. The van der Waals surface area contributed by atoms with E-state index in [4.69, 9.17) is 4.74 Å². The van der Waals surface area contributed by atoms with E-state index in [1.807, 2.05) is 37.3 Å². The number of esters is 1. The Morgan fingerprint density at radius 2 is 1.77 bits per heavy atom. The van der Waals surface area contributed by atoms with Gasteiger partial charge in [0.25, 0.3) is 5.56 Å². The fourth-order valence-corrected chi connectivity index (χ4v) is 5.18. The van der Waals surface area contributed by atoms with E-state index in [2.05, 4.69) is 10.1 Å². The van der Waals surface area contributed by atoms with Crippen molar-refractivity contribution in [3.63, 3.8) is 0 Å². The van der Waals surface area contributed by atoms with Crippen LogP contribution in [0.1, 0.15) is 45.7 Å². The molecule has 0 saturated carbocycles. The average molecular weight is 496 g/mol. The number of thiophene rings is 1. The Kier molecular flexibility index (Phi) is 6.27. The number of aromatic nitrogens is 5. The lowest BCUT2D eigenvalue weighted by molar-refractivity contribution is -0.164. The number of aryl methyl sites for hydroxylation is 3. The standard InChI is InChI=1S/C25H29N5O4S/c1-16-18-19(31)30(25(5,6)22(32)34-24(2,3)4)23(33)28(13-12-17-10-8-7-9-11-17)21(18)35-20(16)29-15-26-14-27-29/h7-11,14-15H,12-13H2,1-6H3. The predicted octanol–water partition coefficient (Wildman–Crippen LogP) is 3.43. The van der Waals surface area contributed by atoms with Gasteiger partial charge in [-0.05, 0) is 53.5 Å². The molecule has 184 valence electrons. The maximum Gasteiger partial charge on any atom is 0.333 e. The SMILES string of the molecule is Cc1c(-n2cncn2)sc2c1c(=O)n(C(C)(C)C(=O)OC(C)(C)C)c(=O)n2CCc1ccccc1. The molecule has 0 unspecified atom stereocenters. The van der Waals surface area contributed by atoms with Crippen LogP contribution in [0.25, 0.3) is 15.2 Å². The van der Waals surface area contributed by atoms with Crippen molar-refractivity contribution >= 4 is 27.5 Å². The van der Waals surface area contributed by atoms with Crippen LogP contribution in [0.15, 0.2) is 52.6 Å². The minimum Gasteiger partial charge on any atom is -0.458 e. The summed E-state index contributed by atoms with van der Waals surface area (Å²) < 4.78 is 9.76. The number of hydrogen-bond donors (Lipinski definition) is 0. The first kappa shape index (κ1) is 24.6. The Morgan fingerprint density at radius 1 is 1.09 bits per heavy atom. The average Bonchev–Trinajstić information content (AvgIpc) is 3.41. The highest BCUT2D eigenvalue weighted by Gasteiger charge is 2.38. The molecule has 0 fully saturated rings. The van der Waals surface area contributed by atoms with Crippen LogP contribution in [0.4, 0.5) is 0 Å². The van der Waals surface area contributed by atoms with Crippen LogP contribution >= 0.6 is 11.3 Å². The van der Waals surface area contributed by atoms with E-state index in [-0.39, 0.29) is 0 Å². The zero-order valence-electron chi connectivity index (χ0n) is 20.7. The van der Waals surface area contributed by atoms with Crippen LogP contribution in [0.3, 0.4) is 0 Å². The van der Waals surface area contributed by atoms with Crippen LogP contribution in [0.5, 0.6) is 0 Å². The number of rotatable bonds is 6. The van der Waals surface area contributed by atoms with Gasteiger partial charge in [0.2, 0.25) is 0 Å². The van der Waals surface area contributed by atoms with Gasteiger partial charge in [-0.1, -0.05) is 41.7 Å². The number of carbonyl (C=O) groups is 1. The largest absolute Gasteiger partial charge is 0.458 e. The van der Waals surface area contributed by atoms with Crippen LogP contribution in [0, 0.1) is 6.92 Å². The van der Waals surface area contributed by atoms with E-state index < -0.39 is 28.4 Å². The second-order valence-corrected chi connectivity index (χ2v) is 10.9. The summed E-state index contributed by atoms with van der Waals surface area (Å²) in [4.78, 5) is 45.3. The Balaban J connectivity index is 1.96. The van der Waals surface area contributed by atoms with Crippen LogP contribution in [0.2, 0.25) is 0 Å². The van der Waals surface area contributed by atoms with Gasteiger partial charge < -0.3 is 4.74 Å². The first-order chi connectivity index (χ1) is 16.4. The molecule has 0 bridgehead atoms. The van der Waals surface area contributed by atoms with E-state index >= 15 is 0 Å². The highest BCUT2D eigenvalue weighted by Crippen LogP contribution is 2.31. The van der Waals surface area contributed by atoms with Gasteiger partial charge in [-0.3, -0.25) is 9.36 Å². The van der Waals surface area contributed by atoms with Gasteiger partial charge in [-0.2, -0.15) is 5.10 Å². The molecular formula is C25H29N5O4S. The molecule has 10 heteroatoms. The lowest BCUT2D eigenvalue weighted by Crippen LogP contribution is -2.54. The van der Waals surface area contributed by atoms with Gasteiger partial charge in [-0.15, -0.1) is 0 Å². The summed E-state index contributed by atoms with van der Waals surface area (Å²) in [6.07, 6.45) is 3.54. The third kappa shape index (κ3) is 4.58. The number of fused-ring (bicyclic) bond motifs is 1. The summed E-state index contributed by atoms with van der Waals surface area (Å²) in [6, 6.07) is 9.80. The smallest absolute Gasteiger partial charge is 0.333 e. The third-order valence-electron chi connectivity index (χ3n) is 5.74. The third-order valence-corrected chi connectivity index (χ3v) is 7.04. The molecule has 0 saturated heterocycles. The number of ether oxygens (including phenoxy) is 1. The second kappa shape index (κ2) is 8.92. The van der Waals surface area contributed by atoms with E-state index in [0.29, 0.717) is 33.7 Å². The van der Waals surface area contributed by atoms with Crippen molar-refractivity contribution in [2.24, 2.45) is 0 Å². The Labute approximate surface area is 206 Å². The molecule has 0 aliphatic rings. The highest BCUT2D eigenvalue weighted by atomic mass is 32.1. The minimum atomic E-state index is -1.52. The van der Waals surface area contributed by atoms with E-state index in [1.165, 1.54) is 31.5 Å². The lowest BCUT2D eigenvalue weighted by atomic mass is 10.0. The molecule has 3 heterocycles. The molecule has 3 aromatic heterocycles. The number of carbonyl (C=O) groups excluding carboxylic acids is 1. The van der Waals surface area contributed by atoms with Gasteiger partial charge in [0.05, 0.1) is 5.39 Å². The van der Waals surface area contributed by atoms with Crippen molar-refractivity contribution in [1.29, 1.82) is 0 Å². The molecular weight excluding hydrogens is 466 g/mol. The van der Waals surface area contributed by atoms with Crippen molar-refractivity contribution in [3.8, 4) is 5.00 Å². The van der Waals surface area contributed by atoms with E-state index in [0.717, 1.165) is 10.1 Å². The maximum atomic E-state index is 13.8. The molecule has 0 aliphatic heterocycles. The fraction of sp³-hybridized carbons (Fsp3) is 0.400. The molecule has 35 heavy (non-hydrogen) atoms. The molecule has 0 spiro atoms. The highest BCUT2D eigenvalue weighted by molar-refractivity contribution is 7.21. The summed E-state index contributed by atoms with van der Waals surface area (Å²) >= 11 is 1.30. The van der Waals surface area contributed by atoms with Crippen molar-refractivity contribution < 1.29 is 9.53 Å². The molecule has 4 aromatic rings. The Morgan fingerprint density at radius 3 is 2.37 bits per heavy atom. The number of hydrogen-bond acceptors (Lipinski definition) is 7. The van der Waals surface area contributed by atoms with Crippen molar-refractivity contribution in [1.82, 2.24) is 23.9 Å². The fourth-order valence-electron chi connectivity index (χ4n) is 3.94. The Hall–Kier alpha value is -3.53. The van der Waals surface area contributed by atoms with Crippen molar-refractivity contribution in [3.05, 3.63) is 75.0 Å². The topological polar surface area (TPSA) is 101 Å². The molecule has 0 aliphatic carbocycles. The van der Waals surface area contributed by atoms with Gasteiger partial charge in [-0.25, -0.2) is 23.8 Å². The molecule has 0 atom stereocenters.